The number of hydrogen-bond donors (Lipinski definition) is 2. The van der Waals surface area contributed by atoms with Crippen LogP contribution in [0.2, 0.25) is 0 Å². The fourth-order valence-electron chi connectivity index (χ4n) is 2.24. The first-order valence-corrected chi connectivity index (χ1v) is 7.67. The Balaban J connectivity index is 2.54. The van der Waals surface area contributed by atoms with E-state index in [1.54, 1.807) is 0 Å². The molecule has 2 unspecified atom stereocenters. The first-order valence-electron chi connectivity index (χ1n) is 7.67. The van der Waals surface area contributed by atoms with Gasteiger partial charge in [-0.25, -0.2) is 0 Å². The predicted octanol–water partition coefficient (Wildman–Crippen LogP) is 2.96. The fraction of sp³-hybridized carbons (Fsp3) is 0.588. The molecule has 4 heteroatoms. The number of rotatable bonds is 8. The van der Waals surface area contributed by atoms with Gasteiger partial charge in [0.15, 0.2) is 6.61 Å². The second-order valence-electron chi connectivity index (χ2n) is 5.58. The number of ether oxygens (including phenoxy) is 1. The molecule has 0 heterocycles. The Hall–Kier alpha value is -1.55. The van der Waals surface area contributed by atoms with Crippen LogP contribution in [0.4, 0.5) is 0 Å². The van der Waals surface area contributed by atoms with Crippen LogP contribution in [0.3, 0.4) is 0 Å². The first kappa shape index (κ1) is 17.5. The van der Waals surface area contributed by atoms with Gasteiger partial charge in [-0.15, -0.1) is 0 Å². The molecular formula is C17H28N2O2. The van der Waals surface area contributed by atoms with E-state index >= 15 is 0 Å². The van der Waals surface area contributed by atoms with Crippen LogP contribution >= 0.6 is 0 Å². The molecule has 1 amide bonds. The van der Waals surface area contributed by atoms with Crippen molar-refractivity contribution in [2.45, 2.75) is 52.6 Å². The Labute approximate surface area is 128 Å². The Morgan fingerprint density at radius 2 is 2.05 bits per heavy atom. The molecule has 0 aliphatic heterocycles. The molecule has 21 heavy (non-hydrogen) atoms. The summed E-state index contributed by atoms with van der Waals surface area (Å²) in [4.78, 5) is 11.8. The van der Waals surface area contributed by atoms with E-state index < -0.39 is 0 Å². The molecule has 0 bridgehead atoms. The molecule has 118 valence electrons. The lowest BCUT2D eigenvalue weighted by Crippen LogP contribution is -2.36. The summed E-state index contributed by atoms with van der Waals surface area (Å²) in [5.74, 6) is 0.698. The van der Waals surface area contributed by atoms with Crippen molar-refractivity contribution in [3.05, 3.63) is 29.3 Å². The lowest BCUT2D eigenvalue weighted by atomic mass is 10.1. The third-order valence-corrected chi connectivity index (χ3v) is 3.62. The molecule has 1 aromatic carbocycles. The minimum absolute atomic E-state index is 0.0653. The molecule has 0 aliphatic carbocycles. The van der Waals surface area contributed by atoms with Crippen LogP contribution in [0.25, 0.3) is 0 Å². The van der Waals surface area contributed by atoms with E-state index in [1.165, 1.54) is 5.56 Å². The minimum Gasteiger partial charge on any atom is -0.484 e. The largest absolute Gasteiger partial charge is 0.484 e. The normalized spacial score (nSPS) is 13.6. The molecule has 0 spiro atoms. The van der Waals surface area contributed by atoms with Gasteiger partial charge in [0.1, 0.15) is 5.75 Å². The number of aryl methyl sites for hydroxylation is 1. The van der Waals surface area contributed by atoms with Crippen molar-refractivity contribution in [1.82, 2.24) is 10.6 Å². The van der Waals surface area contributed by atoms with Crippen LogP contribution in [-0.2, 0) is 4.79 Å². The van der Waals surface area contributed by atoms with Gasteiger partial charge in [0.2, 0.25) is 0 Å². The Kier molecular flexibility index (Phi) is 7.23. The van der Waals surface area contributed by atoms with Crippen molar-refractivity contribution < 1.29 is 9.53 Å². The van der Waals surface area contributed by atoms with E-state index in [0.717, 1.165) is 24.2 Å². The average Bonchev–Trinajstić information content (AvgIpc) is 2.45. The van der Waals surface area contributed by atoms with Gasteiger partial charge < -0.3 is 15.4 Å². The maximum Gasteiger partial charge on any atom is 0.258 e. The highest BCUT2D eigenvalue weighted by molar-refractivity contribution is 5.77. The highest BCUT2D eigenvalue weighted by Gasteiger charge is 2.10. The maximum absolute atomic E-state index is 11.8. The van der Waals surface area contributed by atoms with E-state index in [-0.39, 0.29) is 18.6 Å². The van der Waals surface area contributed by atoms with Crippen LogP contribution < -0.4 is 15.4 Å². The summed E-state index contributed by atoms with van der Waals surface area (Å²) in [6.45, 7) is 8.29. The zero-order chi connectivity index (χ0) is 15.8. The summed E-state index contributed by atoms with van der Waals surface area (Å²) in [6, 6.07) is 6.55. The van der Waals surface area contributed by atoms with E-state index in [1.807, 2.05) is 33.0 Å². The van der Waals surface area contributed by atoms with Gasteiger partial charge in [-0.2, -0.15) is 0 Å². The van der Waals surface area contributed by atoms with Gasteiger partial charge in [-0.1, -0.05) is 25.5 Å². The molecule has 2 atom stereocenters. The number of amides is 1. The van der Waals surface area contributed by atoms with Gasteiger partial charge in [-0.3, -0.25) is 4.79 Å². The Morgan fingerprint density at radius 1 is 1.33 bits per heavy atom. The molecule has 4 nitrogen and oxygen atoms in total. The van der Waals surface area contributed by atoms with Crippen LogP contribution in [0, 0.1) is 6.92 Å². The highest BCUT2D eigenvalue weighted by Crippen LogP contribution is 2.22. The first-order chi connectivity index (χ1) is 9.97. The smallest absolute Gasteiger partial charge is 0.258 e. The molecule has 0 aromatic heterocycles. The lowest BCUT2D eigenvalue weighted by Gasteiger charge is -2.16. The standard InChI is InChI=1S/C17H28N2O2/c1-6-7-13(3)19-17(20)11-21-16-9-8-15(10-12(16)2)14(4)18-5/h8-10,13-14,18H,6-7,11H2,1-5H3,(H,19,20). The highest BCUT2D eigenvalue weighted by atomic mass is 16.5. The molecule has 0 saturated heterocycles. The summed E-state index contributed by atoms with van der Waals surface area (Å²) < 4.78 is 5.61. The minimum atomic E-state index is -0.0666. The second kappa shape index (κ2) is 8.67. The zero-order valence-electron chi connectivity index (χ0n) is 13.8. The van der Waals surface area contributed by atoms with Gasteiger partial charge in [-0.05, 0) is 51.4 Å². The number of hydrogen-bond acceptors (Lipinski definition) is 3. The summed E-state index contributed by atoms with van der Waals surface area (Å²) >= 11 is 0. The van der Waals surface area contributed by atoms with E-state index in [0.29, 0.717) is 6.04 Å². The molecule has 0 fully saturated rings. The molecular weight excluding hydrogens is 264 g/mol. The summed E-state index contributed by atoms with van der Waals surface area (Å²) in [5, 5.41) is 6.14. The van der Waals surface area contributed by atoms with Crippen molar-refractivity contribution in [3.63, 3.8) is 0 Å². The molecule has 1 rings (SSSR count). The number of nitrogens with one attached hydrogen (secondary N) is 2. The Morgan fingerprint density at radius 3 is 2.62 bits per heavy atom. The summed E-state index contributed by atoms with van der Waals surface area (Å²) in [5.41, 5.74) is 2.26. The van der Waals surface area contributed by atoms with Crippen molar-refractivity contribution in [2.75, 3.05) is 13.7 Å². The summed E-state index contributed by atoms with van der Waals surface area (Å²) in [6.07, 6.45) is 2.05. The fourth-order valence-corrected chi connectivity index (χ4v) is 2.24. The van der Waals surface area contributed by atoms with Crippen LogP contribution in [0.5, 0.6) is 5.75 Å². The monoisotopic (exact) mass is 292 g/mol. The van der Waals surface area contributed by atoms with Crippen LogP contribution in [0.1, 0.15) is 50.8 Å². The average molecular weight is 292 g/mol. The quantitative estimate of drug-likeness (QED) is 0.774. The molecule has 0 aliphatic rings. The number of carbonyl (C=O) groups excluding carboxylic acids is 1. The van der Waals surface area contributed by atoms with Crippen LogP contribution in [-0.4, -0.2) is 25.6 Å². The van der Waals surface area contributed by atoms with E-state index in [4.69, 9.17) is 4.74 Å². The van der Waals surface area contributed by atoms with E-state index in [2.05, 4.69) is 30.5 Å². The van der Waals surface area contributed by atoms with Crippen LogP contribution in [0.15, 0.2) is 18.2 Å². The number of carbonyl (C=O) groups is 1. The third-order valence-electron chi connectivity index (χ3n) is 3.62. The molecule has 2 N–H and O–H groups in total. The van der Waals surface area contributed by atoms with Crippen molar-refractivity contribution in [1.29, 1.82) is 0 Å². The van der Waals surface area contributed by atoms with Crippen molar-refractivity contribution >= 4 is 5.91 Å². The molecule has 1 aromatic rings. The second-order valence-corrected chi connectivity index (χ2v) is 5.58. The predicted molar refractivity (Wildman–Crippen MR) is 86.7 cm³/mol. The topological polar surface area (TPSA) is 50.4 Å². The third kappa shape index (κ3) is 5.76. The summed E-state index contributed by atoms with van der Waals surface area (Å²) in [7, 11) is 1.94. The zero-order valence-corrected chi connectivity index (χ0v) is 13.8. The number of benzene rings is 1. The van der Waals surface area contributed by atoms with Gasteiger partial charge in [0, 0.05) is 12.1 Å². The van der Waals surface area contributed by atoms with Crippen molar-refractivity contribution in [2.24, 2.45) is 0 Å². The lowest BCUT2D eigenvalue weighted by molar-refractivity contribution is -0.123. The molecule has 0 radical (unpaired) electrons. The van der Waals surface area contributed by atoms with Crippen molar-refractivity contribution in [3.8, 4) is 5.75 Å². The van der Waals surface area contributed by atoms with E-state index in [9.17, 15) is 4.79 Å². The maximum atomic E-state index is 11.8. The Bertz CT molecular complexity index is 460. The van der Waals surface area contributed by atoms with Gasteiger partial charge >= 0.3 is 0 Å². The van der Waals surface area contributed by atoms with Gasteiger partial charge in [0.05, 0.1) is 0 Å². The SMILES string of the molecule is CCCC(C)NC(=O)COc1ccc(C(C)NC)cc1C. The van der Waals surface area contributed by atoms with Gasteiger partial charge in [0.25, 0.3) is 5.91 Å². The molecule has 0 saturated carbocycles.